The highest BCUT2D eigenvalue weighted by atomic mass is 35.5. The molecule has 0 atom stereocenters. The molecular weight excluding hydrogens is 374 g/mol. The van der Waals surface area contributed by atoms with Crippen LogP contribution in [0.3, 0.4) is 0 Å². The highest BCUT2D eigenvalue weighted by Gasteiger charge is 2.15. The maximum Gasteiger partial charge on any atom is 0.234 e. The Hall–Kier alpha value is -1.63. The van der Waals surface area contributed by atoms with Crippen molar-refractivity contribution >= 4 is 56.5 Å². The molecule has 0 aliphatic heterocycles. The zero-order chi connectivity index (χ0) is 18.1. The van der Waals surface area contributed by atoms with Gasteiger partial charge in [-0.05, 0) is 51.0 Å². The number of carbonyl (C=O) groups excluding carboxylic acids is 1. The minimum atomic E-state index is -0.107. The van der Waals surface area contributed by atoms with Gasteiger partial charge in [-0.2, -0.15) is 0 Å². The van der Waals surface area contributed by atoms with Gasteiger partial charge in [0.15, 0.2) is 0 Å². The van der Waals surface area contributed by atoms with Crippen LogP contribution in [0.5, 0.6) is 0 Å². The number of fused-ring (bicyclic) bond motifs is 1. The normalized spacial score (nSPS) is 11.1. The first-order valence-corrected chi connectivity index (χ1v) is 9.96. The number of anilines is 1. The number of amides is 1. The Balaban J connectivity index is 1.77. The third-order valence-electron chi connectivity index (χ3n) is 3.85. The van der Waals surface area contributed by atoms with Gasteiger partial charge in [0.05, 0.1) is 16.5 Å². The van der Waals surface area contributed by atoms with Crippen molar-refractivity contribution in [1.82, 2.24) is 9.97 Å². The van der Waals surface area contributed by atoms with E-state index < -0.39 is 0 Å². The second-order valence-electron chi connectivity index (χ2n) is 5.86. The van der Waals surface area contributed by atoms with Crippen LogP contribution in [0.25, 0.3) is 10.2 Å². The van der Waals surface area contributed by atoms with E-state index in [1.165, 1.54) is 22.2 Å². The van der Waals surface area contributed by atoms with E-state index in [9.17, 15) is 4.79 Å². The van der Waals surface area contributed by atoms with E-state index in [0.29, 0.717) is 10.7 Å². The smallest absolute Gasteiger partial charge is 0.234 e. The van der Waals surface area contributed by atoms with Crippen molar-refractivity contribution in [3.8, 4) is 0 Å². The van der Waals surface area contributed by atoms with E-state index in [4.69, 9.17) is 11.6 Å². The van der Waals surface area contributed by atoms with Crippen LogP contribution < -0.4 is 5.32 Å². The predicted octanol–water partition coefficient (Wildman–Crippen LogP) is 5.31. The summed E-state index contributed by atoms with van der Waals surface area (Å²) in [6.45, 7) is 7.99. The third kappa shape index (κ3) is 3.97. The zero-order valence-electron chi connectivity index (χ0n) is 14.4. The Morgan fingerprint density at radius 2 is 2.00 bits per heavy atom. The monoisotopic (exact) mass is 391 g/mol. The lowest BCUT2D eigenvalue weighted by molar-refractivity contribution is -0.113. The average Bonchev–Trinajstić information content (AvgIpc) is 2.82. The second-order valence-corrected chi connectivity index (χ2v) is 8.43. The second kappa shape index (κ2) is 7.32. The lowest BCUT2D eigenvalue weighted by Gasteiger charge is -2.08. The summed E-state index contributed by atoms with van der Waals surface area (Å²) < 4.78 is 0. The van der Waals surface area contributed by atoms with E-state index in [1.807, 2.05) is 32.0 Å². The lowest BCUT2D eigenvalue weighted by atomic mass is 10.2. The third-order valence-corrected chi connectivity index (χ3v) is 6.24. The highest BCUT2D eigenvalue weighted by molar-refractivity contribution is 8.00. The number of nitrogens with one attached hydrogen (secondary N) is 1. The minimum absolute atomic E-state index is 0.107. The van der Waals surface area contributed by atoms with Crippen LogP contribution in [-0.2, 0) is 4.79 Å². The highest BCUT2D eigenvalue weighted by Crippen LogP contribution is 2.35. The molecule has 0 saturated heterocycles. The number of carbonyl (C=O) groups is 1. The number of halogens is 1. The summed E-state index contributed by atoms with van der Waals surface area (Å²) in [5.41, 5.74) is 2.87. The van der Waals surface area contributed by atoms with Gasteiger partial charge in [-0.1, -0.05) is 29.4 Å². The maximum atomic E-state index is 12.3. The quantitative estimate of drug-likeness (QED) is 0.483. The average molecular weight is 392 g/mol. The zero-order valence-corrected chi connectivity index (χ0v) is 16.8. The Morgan fingerprint density at radius 3 is 2.72 bits per heavy atom. The van der Waals surface area contributed by atoms with E-state index in [0.717, 1.165) is 26.6 Å². The Morgan fingerprint density at radius 1 is 1.24 bits per heavy atom. The summed E-state index contributed by atoms with van der Waals surface area (Å²) in [5, 5.41) is 5.31. The number of nitrogens with zero attached hydrogens (tertiary/aromatic N) is 2. The van der Waals surface area contributed by atoms with Gasteiger partial charge in [0, 0.05) is 10.3 Å². The number of benzene rings is 1. The summed E-state index contributed by atoms with van der Waals surface area (Å²) in [6, 6.07) is 5.57. The van der Waals surface area contributed by atoms with Crippen molar-refractivity contribution < 1.29 is 4.79 Å². The summed E-state index contributed by atoms with van der Waals surface area (Å²) >= 11 is 9.27. The Labute approximate surface area is 160 Å². The van der Waals surface area contributed by atoms with Crippen LogP contribution >= 0.6 is 34.7 Å². The number of aryl methyl sites for hydroxylation is 4. The molecule has 25 heavy (non-hydrogen) atoms. The number of aromatic nitrogens is 2. The standard InChI is InChI=1S/C18H18ClN3OS2/c1-9-5-6-14(13(19)7-9)22-15(23)8-24-17-16-10(2)11(3)25-18(16)21-12(4)20-17/h5-7H,8H2,1-4H3,(H,22,23). The fourth-order valence-corrected chi connectivity index (χ4v) is 4.81. The van der Waals surface area contributed by atoms with Crippen LogP contribution in [0.4, 0.5) is 5.69 Å². The molecule has 0 radical (unpaired) electrons. The summed E-state index contributed by atoms with van der Waals surface area (Å²) in [7, 11) is 0. The molecule has 0 unspecified atom stereocenters. The molecule has 1 amide bonds. The van der Waals surface area contributed by atoms with Gasteiger partial charge >= 0.3 is 0 Å². The van der Waals surface area contributed by atoms with Crippen LogP contribution in [-0.4, -0.2) is 21.6 Å². The Bertz CT molecular complexity index is 969. The molecule has 2 aromatic heterocycles. The number of thioether (sulfide) groups is 1. The lowest BCUT2D eigenvalue weighted by Crippen LogP contribution is -2.14. The van der Waals surface area contributed by atoms with E-state index in [-0.39, 0.29) is 11.7 Å². The molecule has 130 valence electrons. The van der Waals surface area contributed by atoms with Gasteiger partial charge in [0.2, 0.25) is 5.91 Å². The van der Waals surface area contributed by atoms with Crippen LogP contribution in [0, 0.1) is 27.7 Å². The van der Waals surface area contributed by atoms with Gasteiger partial charge in [-0.15, -0.1) is 11.3 Å². The fraction of sp³-hybridized carbons (Fsp3) is 0.278. The van der Waals surface area contributed by atoms with E-state index in [2.05, 4.69) is 29.1 Å². The maximum absolute atomic E-state index is 12.3. The van der Waals surface area contributed by atoms with Gasteiger partial charge in [0.25, 0.3) is 0 Å². The van der Waals surface area contributed by atoms with Gasteiger partial charge in [0.1, 0.15) is 15.7 Å². The number of thiophene rings is 1. The molecular formula is C18H18ClN3OS2. The molecule has 3 rings (SSSR count). The first-order valence-electron chi connectivity index (χ1n) is 7.78. The molecule has 0 bridgehead atoms. The SMILES string of the molecule is Cc1ccc(NC(=O)CSc2nc(C)nc3sc(C)c(C)c23)c(Cl)c1. The molecule has 1 aromatic carbocycles. The molecule has 4 nitrogen and oxygen atoms in total. The van der Waals surface area contributed by atoms with Gasteiger partial charge in [-0.25, -0.2) is 9.97 Å². The van der Waals surface area contributed by atoms with Crippen LogP contribution in [0.2, 0.25) is 5.02 Å². The van der Waals surface area contributed by atoms with Crippen molar-refractivity contribution in [3.63, 3.8) is 0 Å². The number of hydrogen-bond acceptors (Lipinski definition) is 5. The van der Waals surface area contributed by atoms with Gasteiger partial charge < -0.3 is 5.32 Å². The molecule has 0 aliphatic rings. The van der Waals surface area contributed by atoms with Crippen molar-refractivity contribution in [2.75, 3.05) is 11.1 Å². The predicted molar refractivity (Wildman–Crippen MR) is 107 cm³/mol. The number of hydrogen-bond donors (Lipinski definition) is 1. The van der Waals surface area contributed by atoms with Crippen LogP contribution in [0.1, 0.15) is 21.8 Å². The first kappa shape index (κ1) is 18.2. The fourth-order valence-electron chi connectivity index (χ4n) is 2.46. The summed E-state index contributed by atoms with van der Waals surface area (Å²) in [5.74, 6) is 0.882. The van der Waals surface area contributed by atoms with Crippen molar-refractivity contribution in [2.45, 2.75) is 32.7 Å². The Kier molecular flexibility index (Phi) is 5.32. The molecule has 1 N–H and O–H groups in total. The largest absolute Gasteiger partial charge is 0.324 e. The molecule has 0 saturated carbocycles. The van der Waals surface area contributed by atoms with Crippen molar-refractivity contribution in [3.05, 3.63) is 45.1 Å². The molecule has 0 aliphatic carbocycles. The summed E-state index contributed by atoms with van der Waals surface area (Å²) in [6.07, 6.45) is 0. The number of rotatable bonds is 4. The van der Waals surface area contributed by atoms with Gasteiger partial charge in [-0.3, -0.25) is 4.79 Å². The van der Waals surface area contributed by atoms with Crippen molar-refractivity contribution in [2.24, 2.45) is 0 Å². The molecule has 0 fully saturated rings. The van der Waals surface area contributed by atoms with E-state index in [1.54, 1.807) is 11.3 Å². The molecule has 2 heterocycles. The summed E-state index contributed by atoms with van der Waals surface area (Å²) in [4.78, 5) is 23.6. The molecule has 0 spiro atoms. The van der Waals surface area contributed by atoms with E-state index >= 15 is 0 Å². The first-order chi connectivity index (χ1) is 11.8. The minimum Gasteiger partial charge on any atom is -0.324 e. The topological polar surface area (TPSA) is 54.9 Å². The molecule has 7 heteroatoms. The van der Waals surface area contributed by atoms with Crippen LogP contribution in [0.15, 0.2) is 23.2 Å². The molecule has 3 aromatic rings. The van der Waals surface area contributed by atoms with Crippen molar-refractivity contribution in [1.29, 1.82) is 0 Å².